The van der Waals surface area contributed by atoms with Crippen LogP contribution in [0.4, 0.5) is 5.82 Å². The lowest BCUT2D eigenvalue weighted by atomic mass is 9.77. The number of nitrogens with zero attached hydrogens (tertiary/aromatic N) is 3. The highest BCUT2D eigenvalue weighted by atomic mass is 16.2. The molecule has 2 saturated heterocycles. The minimum absolute atomic E-state index is 0.178. The van der Waals surface area contributed by atoms with Gasteiger partial charge in [0.2, 0.25) is 5.91 Å². The molecule has 3 fully saturated rings. The van der Waals surface area contributed by atoms with Crippen LogP contribution >= 0.6 is 0 Å². The second-order valence-electron chi connectivity index (χ2n) is 8.31. The molecule has 0 radical (unpaired) electrons. The average Bonchev–Trinajstić information content (AvgIpc) is 3.15. The normalized spacial score (nSPS) is 26.6. The second kappa shape index (κ2) is 7.49. The Bertz CT molecular complexity index is 716. The summed E-state index contributed by atoms with van der Waals surface area (Å²) in [5, 5.41) is 2.62. The van der Waals surface area contributed by atoms with Gasteiger partial charge in [-0.05, 0) is 44.2 Å². The molecule has 1 saturated carbocycles. The molecule has 0 bridgehead atoms. The fourth-order valence-electron chi connectivity index (χ4n) is 5.14. The Kier molecular flexibility index (Phi) is 5.06. The molecule has 1 atom stereocenters. The van der Waals surface area contributed by atoms with Gasteiger partial charge in [-0.15, -0.1) is 0 Å². The van der Waals surface area contributed by atoms with E-state index in [-0.39, 0.29) is 11.3 Å². The number of hydrogen-bond donors (Lipinski definition) is 1. The number of pyridine rings is 1. The third-order valence-electron chi connectivity index (χ3n) is 6.66. The van der Waals surface area contributed by atoms with Crippen molar-refractivity contribution in [2.24, 2.45) is 5.41 Å². The fourth-order valence-corrected chi connectivity index (χ4v) is 5.14. The standard InChI is InChI=1S/C21H30N4O2/c1-22-19(26)17-9-5-10-18(23-17)24-14-12-21(15-24)11-6-13-25(20(21)27)16-7-3-2-4-8-16/h5,9-10,16H,2-4,6-8,11-15H2,1H3,(H,22,26)/t21-/m1/s1. The molecular formula is C21H30N4O2. The van der Waals surface area contributed by atoms with Crippen molar-refractivity contribution in [3.8, 4) is 0 Å². The quantitative estimate of drug-likeness (QED) is 0.888. The molecule has 0 unspecified atom stereocenters. The van der Waals surface area contributed by atoms with Crippen LogP contribution in [0, 0.1) is 5.41 Å². The predicted octanol–water partition coefficient (Wildman–Crippen LogP) is 2.59. The number of carbonyl (C=O) groups excluding carboxylic acids is 2. The lowest BCUT2D eigenvalue weighted by Crippen LogP contribution is -2.54. The number of anilines is 1. The van der Waals surface area contributed by atoms with Crippen LogP contribution in [-0.4, -0.2) is 54.4 Å². The lowest BCUT2D eigenvalue weighted by Gasteiger charge is -2.44. The number of aromatic nitrogens is 1. The highest BCUT2D eigenvalue weighted by Gasteiger charge is 2.49. The molecule has 6 heteroatoms. The summed E-state index contributed by atoms with van der Waals surface area (Å²) in [5.74, 6) is 0.990. The van der Waals surface area contributed by atoms with E-state index in [1.807, 2.05) is 12.1 Å². The maximum Gasteiger partial charge on any atom is 0.269 e. The molecule has 0 aromatic carbocycles. The third kappa shape index (κ3) is 3.42. The van der Waals surface area contributed by atoms with Gasteiger partial charge >= 0.3 is 0 Å². The van der Waals surface area contributed by atoms with Crippen molar-refractivity contribution >= 4 is 17.6 Å². The van der Waals surface area contributed by atoms with Crippen LogP contribution in [0.2, 0.25) is 0 Å². The van der Waals surface area contributed by atoms with Crippen molar-refractivity contribution in [3.63, 3.8) is 0 Å². The van der Waals surface area contributed by atoms with E-state index in [0.29, 0.717) is 17.6 Å². The Balaban J connectivity index is 1.50. The average molecular weight is 370 g/mol. The van der Waals surface area contributed by atoms with E-state index in [0.717, 1.165) is 44.7 Å². The van der Waals surface area contributed by atoms with Crippen molar-refractivity contribution in [1.82, 2.24) is 15.2 Å². The van der Waals surface area contributed by atoms with Gasteiger partial charge in [0.15, 0.2) is 0 Å². The van der Waals surface area contributed by atoms with Gasteiger partial charge in [-0.25, -0.2) is 4.98 Å². The highest BCUT2D eigenvalue weighted by molar-refractivity contribution is 5.92. The molecule has 6 nitrogen and oxygen atoms in total. The molecule has 2 amide bonds. The van der Waals surface area contributed by atoms with Gasteiger partial charge in [0.25, 0.3) is 5.91 Å². The summed E-state index contributed by atoms with van der Waals surface area (Å²) in [5.41, 5.74) is 0.162. The first kappa shape index (κ1) is 18.3. The number of nitrogens with one attached hydrogen (secondary N) is 1. The fraction of sp³-hybridized carbons (Fsp3) is 0.667. The molecule has 2 aliphatic heterocycles. The largest absolute Gasteiger partial charge is 0.355 e. The predicted molar refractivity (Wildman–Crippen MR) is 105 cm³/mol. The summed E-state index contributed by atoms with van der Waals surface area (Å²) >= 11 is 0. The maximum atomic E-state index is 13.5. The number of piperidine rings is 1. The number of hydrogen-bond acceptors (Lipinski definition) is 4. The first-order valence-electron chi connectivity index (χ1n) is 10.4. The van der Waals surface area contributed by atoms with Crippen LogP contribution in [0.25, 0.3) is 0 Å². The molecule has 1 aliphatic carbocycles. The summed E-state index contributed by atoms with van der Waals surface area (Å²) in [6.07, 6.45) is 9.12. The van der Waals surface area contributed by atoms with E-state index in [1.54, 1.807) is 13.1 Å². The van der Waals surface area contributed by atoms with Crippen LogP contribution < -0.4 is 10.2 Å². The van der Waals surface area contributed by atoms with Gasteiger partial charge in [-0.2, -0.15) is 0 Å². The molecule has 1 spiro atoms. The van der Waals surface area contributed by atoms with Crippen molar-refractivity contribution in [2.75, 3.05) is 31.6 Å². The molecule has 1 aromatic rings. The summed E-state index contributed by atoms with van der Waals surface area (Å²) < 4.78 is 0. The van der Waals surface area contributed by atoms with Crippen molar-refractivity contribution in [1.29, 1.82) is 0 Å². The third-order valence-corrected chi connectivity index (χ3v) is 6.66. The van der Waals surface area contributed by atoms with Crippen LogP contribution in [0.1, 0.15) is 61.9 Å². The zero-order chi connectivity index (χ0) is 18.9. The Morgan fingerprint density at radius 1 is 1.15 bits per heavy atom. The van der Waals surface area contributed by atoms with Crippen LogP contribution in [0.5, 0.6) is 0 Å². The second-order valence-corrected chi connectivity index (χ2v) is 8.31. The first-order valence-corrected chi connectivity index (χ1v) is 10.4. The summed E-state index contributed by atoms with van der Waals surface area (Å²) in [6, 6.07) is 5.99. The van der Waals surface area contributed by atoms with E-state index in [2.05, 4.69) is 20.1 Å². The van der Waals surface area contributed by atoms with Crippen LogP contribution in [-0.2, 0) is 4.79 Å². The number of carbonyl (C=O) groups is 2. The van der Waals surface area contributed by atoms with E-state index >= 15 is 0 Å². The first-order chi connectivity index (χ1) is 13.1. The lowest BCUT2D eigenvalue weighted by molar-refractivity contribution is -0.148. The van der Waals surface area contributed by atoms with Gasteiger partial charge in [0.1, 0.15) is 11.5 Å². The van der Waals surface area contributed by atoms with Crippen LogP contribution in [0.3, 0.4) is 0 Å². The molecule has 146 valence electrons. The van der Waals surface area contributed by atoms with Gasteiger partial charge in [-0.3, -0.25) is 9.59 Å². The van der Waals surface area contributed by atoms with E-state index in [4.69, 9.17) is 0 Å². The Morgan fingerprint density at radius 3 is 2.74 bits per heavy atom. The highest BCUT2D eigenvalue weighted by Crippen LogP contribution is 2.42. The summed E-state index contributed by atoms with van der Waals surface area (Å²) in [7, 11) is 1.61. The smallest absolute Gasteiger partial charge is 0.269 e. The Morgan fingerprint density at radius 2 is 1.96 bits per heavy atom. The number of amides is 2. The van der Waals surface area contributed by atoms with E-state index < -0.39 is 0 Å². The summed E-state index contributed by atoms with van der Waals surface area (Å²) in [4.78, 5) is 34.3. The molecular weight excluding hydrogens is 340 g/mol. The molecule has 1 aromatic heterocycles. The molecule has 3 heterocycles. The number of likely N-dealkylation sites (tertiary alicyclic amines) is 1. The minimum Gasteiger partial charge on any atom is -0.355 e. The van der Waals surface area contributed by atoms with Crippen molar-refractivity contribution < 1.29 is 9.59 Å². The minimum atomic E-state index is -0.263. The van der Waals surface area contributed by atoms with Gasteiger partial charge in [0.05, 0.1) is 5.41 Å². The van der Waals surface area contributed by atoms with Crippen LogP contribution in [0.15, 0.2) is 18.2 Å². The summed E-state index contributed by atoms with van der Waals surface area (Å²) in [6.45, 7) is 2.48. The van der Waals surface area contributed by atoms with Crippen molar-refractivity contribution in [3.05, 3.63) is 23.9 Å². The zero-order valence-corrected chi connectivity index (χ0v) is 16.2. The molecule has 4 rings (SSSR count). The SMILES string of the molecule is CNC(=O)c1cccc(N2CC[C@]3(CCCN(C4CCCCC4)C3=O)C2)n1. The zero-order valence-electron chi connectivity index (χ0n) is 16.2. The van der Waals surface area contributed by atoms with E-state index in [1.165, 1.54) is 32.1 Å². The van der Waals surface area contributed by atoms with Crippen molar-refractivity contribution in [2.45, 2.75) is 57.4 Å². The molecule has 27 heavy (non-hydrogen) atoms. The molecule has 3 aliphatic rings. The van der Waals surface area contributed by atoms with Gasteiger partial charge in [-0.1, -0.05) is 25.3 Å². The van der Waals surface area contributed by atoms with Gasteiger partial charge < -0.3 is 15.1 Å². The Labute approximate surface area is 161 Å². The number of rotatable bonds is 3. The Hall–Kier alpha value is -2.11. The van der Waals surface area contributed by atoms with Gasteiger partial charge in [0, 0.05) is 32.7 Å². The topological polar surface area (TPSA) is 65.5 Å². The van der Waals surface area contributed by atoms with E-state index in [9.17, 15) is 9.59 Å². The molecule has 1 N–H and O–H groups in total. The maximum absolute atomic E-state index is 13.5. The monoisotopic (exact) mass is 370 g/mol.